The van der Waals surface area contributed by atoms with E-state index in [1.165, 1.54) is 21.0 Å². The fraction of sp³-hybridized carbons (Fsp3) is 0.929. The van der Waals surface area contributed by atoms with E-state index in [2.05, 4.69) is 0 Å². The van der Waals surface area contributed by atoms with E-state index < -0.39 is 61.1 Å². The Balaban J connectivity index is 3.05. The van der Waals surface area contributed by atoms with Gasteiger partial charge in [-0.3, -0.25) is 0 Å². The second kappa shape index (κ2) is 9.02. The summed E-state index contributed by atoms with van der Waals surface area (Å²) in [5, 5.41) is 48.6. The van der Waals surface area contributed by atoms with Crippen LogP contribution in [0.3, 0.4) is 0 Å². The van der Waals surface area contributed by atoms with Crippen molar-refractivity contribution in [2.24, 2.45) is 0 Å². The molecule has 1 saturated heterocycles. The first kappa shape index (κ1) is 21.2. The smallest absolute Gasteiger partial charge is 0.335 e. The molecular formula is C14H26O10. The number of ether oxygens (including phenoxy) is 4. The fourth-order valence-corrected chi connectivity index (χ4v) is 2.58. The number of hydrogen-bond donors (Lipinski definition) is 5. The molecule has 5 N–H and O–H groups in total. The van der Waals surface area contributed by atoms with Crippen molar-refractivity contribution in [3.63, 3.8) is 0 Å². The molecule has 0 saturated carbocycles. The molecule has 142 valence electrons. The number of carboxylic acids is 1. The predicted molar refractivity (Wildman–Crippen MR) is 78.1 cm³/mol. The van der Waals surface area contributed by atoms with Crippen LogP contribution in [0.25, 0.3) is 0 Å². The molecule has 1 aliphatic heterocycles. The van der Waals surface area contributed by atoms with Gasteiger partial charge in [0, 0.05) is 14.2 Å². The second-order valence-electron chi connectivity index (χ2n) is 5.72. The van der Waals surface area contributed by atoms with Crippen LogP contribution < -0.4 is 0 Å². The van der Waals surface area contributed by atoms with Gasteiger partial charge in [0.1, 0.15) is 30.5 Å². The maximum absolute atomic E-state index is 11.4. The van der Waals surface area contributed by atoms with Gasteiger partial charge in [-0.05, 0) is 13.8 Å². The minimum absolute atomic E-state index is 0.868. The predicted octanol–water partition coefficient (Wildman–Crippen LogP) is -2.31. The summed E-state index contributed by atoms with van der Waals surface area (Å²) in [5.41, 5.74) is 0. The van der Waals surface area contributed by atoms with E-state index >= 15 is 0 Å². The lowest BCUT2D eigenvalue weighted by atomic mass is 9.99. The summed E-state index contributed by atoms with van der Waals surface area (Å²) in [5.74, 6) is -1.37. The van der Waals surface area contributed by atoms with E-state index in [0.29, 0.717) is 0 Å². The zero-order valence-corrected chi connectivity index (χ0v) is 14.0. The molecule has 9 atom stereocenters. The number of carboxylic acid groups (broad SMARTS) is 1. The molecule has 0 aromatic rings. The van der Waals surface area contributed by atoms with Crippen LogP contribution >= 0.6 is 0 Å². The Bertz CT molecular complexity index is 403. The van der Waals surface area contributed by atoms with Gasteiger partial charge >= 0.3 is 5.97 Å². The summed E-state index contributed by atoms with van der Waals surface area (Å²) in [4.78, 5) is 11.4. The SMILES string of the molecule is COC(C(=O)O)C(OC1OC(C)[C@H](O)C(O)C1O)C(OC)C(C)O. The summed E-state index contributed by atoms with van der Waals surface area (Å²) in [6.07, 6.45) is -11.9. The van der Waals surface area contributed by atoms with Crippen LogP contribution in [-0.4, -0.2) is 101 Å². The maximum Gasteiger partial charge on any atom is 0.335 e. The molecule has 0 aliphatic carbocycles. The highest BCUT2D eigenvalue weighted by atomic mass is 16.7. The van der Waals surface area contributed by atoms with Crippen molar-refractivity contribution in [1.82, 2.24) is 0 Å². The van der Waals surface area contributed by atoms with Gasteiger partial charge in [0.2, 0.25) is 0 Å². The molecule has 8 unspecified atom stereocenters. The van der Waals surface area contributed by atoms with Crippen molar-refractivity contribution in [3.05, 3.63) is 0 Å². The number of aliphatic hydroxyl groups is 4. The van der Waals surface area contributed by atoms with Gasteiger partial charge in [-0.15, -0.1) is 0 Å². The zero-order chi connectivity index (χ0) is 18.6. The molecule has 0 amide bonds. The number of methoxy groups -OCH3 is 2. The summed E-state index contributed by atoms with van der Waals surface area (Å²) in [6, 6.07) is 0. The first-order chi connectivity index (χ1) is 11.1. The van der Waals surface area contributed by atoms with Crippen LogP contribution in [0.1, 0.15) is 13.8 Å². The summed E-state index contributed by atoms with van der Waals surface area (Å²) in [7, 11) is 2.39. The average Bonchev–Trinajstić information content (AvgIpc) is 2.50. The van der Waals surface area contributed by atoms with E-state index in [9.17, 15) is 30.3 Å². The third kappa shape index (κ3) is 4.61. The molecule has 24 heavy (non-hydrogen) atoms. The van der Waals surface area contributed by atoms with Crippen LogP contribution in [-0.2, 0) is 23.7 Å². The first-order valence-electron chi connectivity index (χ1n) is 7.47. The maximum atomic E-state index is 11.4. The van der Waals surface area contributed by atoms with Crippen molar-refractivity contribution in [2.75, 3.05) is 14.2 Å². The third-order valence-electron chi connectivity index (χ3n) is 3.97. The lowest BCUT2D eigenvalue weighted by molar-refractivity contribution is -0.320. The average molecular weight is 354 g/mol. The van der Waals surface area contributed by atoms with E-state index in [4.69, 9.17) is 18.9 Å². The number of hydrogen-bond acceptors (Lipinski definition) is 9. The van der Waals surface area contributed by atoms with Gasteiger partial charge in [-0.25, -0.2) is 4.79 Å². The summed E-state index contributed by atoms with van der Waals surface area (Å²) < 4.78 is 20.8. The first-order valence-corrected chi connectivity index (χ1v) is 7.47. The number of aliphatic carboxylic acids is 1. The molecule has 1 aliphatic rings. The Kier molecular flexibility index (Phi) is 7.96. The molecule has 0 radical (unpaired) electrons. The molecule has 0 spiro atoms. The fourth-order valence-electron chi connectivity index (χ4n) is 2.58. The highest BCUT2D eigenvalue weighted by Crippen LogP contribution is 2.26. The molecule has 0 bridgehead atoms. The van der Waals surface area contributed by atoms with E-state index in [-0.39, 0.29) is 0 Å². The van der Waals surface area contributed by atoms with Gasteiger partial charge in [-0.2, -0.15) is 0 Å². The van der Waals surface area contributed by atoms with Gasteiger partial charge < -0.3 is 44.5 Å². The highest BCUT2D eigenvalue weighted by molar-refractivity contribution is 5.73. The lowest BCUT2D eigenvalue weighted by Crippen LogP contribution is -2.60. The van der Waals surface area contributed by atoms with E-state index in [0.717, 1.165) is 7.11 Å². The van der Waals surface area contributed by atoms with Gasteiger partial charge in [0.25, 0.3) is 0 Å². The van der Waals surface area contributed by atoms with E-state index in [1.54, 1.807) is 0 Å². The van der Waals surface area contributed by atoms with Crippen LogP contribution in [0.4, 0.5) is 0 Å². The molecule has 0 aromatic carbocycles. The van der Waals surface area contributed by atoms with Gasteiger partial charge in [0.05, 0.1) is 12.2 Å². The molecule has 10 nitrogen and oxygen atoms in total. The van der Waals surface area contributed by atoms with Crippen LogP contribution in [0, 0.1) is 0 Å². The van der Waals surface area contributed by atoms with E-state index in [1.807, 2.05) is 0 Å². The van der Waals surface area contributed by atoms with Crippen LogP contribution in [0.15, 0.2) is 0 Å². The van der Waals surface area contributed by atoms with Crippen LogP contribution in [0.2, 0.25) is 0 Å². The highest BCUT2D eigenvalue weighted by Gasteiger charge is 2.47. The molecule has 10 heteroatoms. The van der Waals surface area contributed by atoms with Gasteiger partial charge in [0.15, 0.2) is 12.4 Å². The Labute approximate surface area is 139 Å². The number of rotatable bonds is 8. The molecule has 0 aromatic heterocycles. The third-order valence-corrected chi connectivity index (χ3v) is 3.97. The largest absolute Gasteiger partial charge is 0.479 e. The standard InChI is InChI=1S/C14H26O10/c1-5(15)10(21-3)11(12(22-4)13(19)20)24-14-9(18)8(17)7(16)6(2)23-14/h5-12,14-18H,1-4H3,(H,19,20)/t5?,6?,7-,8?,9?,10?,11?,12?,14?/m0/s1. The van der Waals surface area contributed by atoms with Crippen molar-refractivity contribution in [3.8, 4) is 0 Å². The molecular weight excluding hydrogens is 328 g/mol. The molecule has 1 fully saturated rings. The lowest BCUT2D eigenvalue weighted by Gasteiger charge is -2.42. The van der Waals surface area contributed by atoms with Crippen LogP contribution in [0.5, 0.6) is 0 Å². The Morgan fingerprint density at radius 2 is 1.62 bits per heavy atom. The van der Waals surface area contributed by atoms with Crippen molar-refractivity contribution in [2.45, 2.75) is 69.0 Å². The Morgan fingerprint density at radius 3 is 2.04 bits per heavy atom. The topological polar surface area (TPSA) is 155 Å². The molecule has 1 rings (SSSR count). The van der Waals surface area contributed by atoms with Gasteiger partial charge in [-0.1, -0.05) is 0 Å². The van der Waals surface area contributed by atoms with Crippen molar-refractivity contribution in [1.29, 1.82) is 0 Å². The number of carbonyl (C=O) groups is 1. The normalized spacial score (nSPS) is 35.9. The van der Waals surface area contributed by atoms with Crippen molar-refractivity contribution < 1.29 is 49.3 Å². The Hall–Kier alpha value is -0.850. The molecule has 1 heterocycles. The van der Waals surface area contributed by atoms with Crippen molar-refractivity contribution >= 4 is 5.97 Å². The monoisotopic (exact) mass is 354 g/mol. The minimum atomic E-state index is -1.63. The summed E-state index contributed by atoms with van der Waals surface area (Å²) in [6.45, 7) is 2.83. The zero-order valence-electron chi connectivity index (χ0n) is 14.0. The summed E-state index contributed by atoms with van der Waals surface area (Å²) >= 11 is 0. The number of aliphatic hydroxyl groups excluding tert-OH is 4. The Morgan fingerprint density at radius 1 is 1.04 bits per heavy atom. The quantitative estimate of drug-likeness (QED) is 0.321. The minimum Gasteiger partial charge on any atom is -0.479 e. The second-order valence-corrected chi connectivity index (χ2v) is 5.72.